The molecule has 0 bridgehead atoms. The van der Waals surface area contributed by atoms with E-state index in [-0.39, 0.29) is 12.5 Å². The van der Waals surface area contributed by atoms with Crippen LogP contribution in [0, 0.1) is 0 Å². The van der Waals surface area contributed by atoms with E-state index < -0.39 is 0 Å². The molecule has 1 fully saturated rings. The number of hydrogen-bond acceptors (Lipinski definition) is 6. The average molecular weight is 329 g/mol. The first-order valence-corrected chi connectivity index (χ1v) is 8.10. The van der Waals surface area contributed by atoms with Gasteiger partial charge in [0.15, 0.2) is 0 Å². The highest BCUT2D eigenvalue weighted by Gasteiger charge is 2.15. The molecule has 0 atom stereocenters. The number of rotatable bonds is 5. The van der Waals surface area contributed by atoms with Crippen molar-refractivity contribution in [3.05, 3.63) is 47.5 Å². The van der Waals surface area contributed by atoms with Crippen LogP contribution in [-0.2, 0) is 13.1 Å². The normalized spacial score (nSPS) is 15.5. The predicted molar refractivity (Wildman–Crippen MR) is 91.7 cm³/mol. The number of nitrogens with two attached hydrogens (primary N) is 1. The third kappa shape index (κ3) is 3.93. The van der Waals surface area contributed by atoms with E-state index in [2.05, 4.69) is 27.1 Å². The van der Waals surface area contributed by atoms with Gasteiger partial charge in [-0.05, 0) is 24.7 Å². The lowest BCUT2D eigenvalue weighted by molar-refractivity contribution is 0.0950. The zero-order chi connectivity index (χ0) is 16.9. The van der Waals surface area contributed by atoms with Gasteiger partial charge < -0.3 is 25.3 Å². The number of nitrogens with one attached hydrogen (secondary N) is 1. The molecule has 3 N–H and O–H groups in total. The Morgan fingerprint density at radius 1 is 1.33 bits per heavy atom. The molecule has 7 heteroatoms. The Morgan fingerprint density at radius 3 is 2.75 bits per heavy atom. The number of carbonyl (C=O) groups is 1. The number of likely N-dealkylation sites (N-methyl/N-ethyl adjacent to an activating group) is 1. The second kappa shape index (κ2) is 7.46. The molecule has 1 aliphatic rings. The van der Waals surface area contributed by atoms with Gasteiger partial charge >= 0.3 is 0 Å². The van der Waals surface area contributed by atoms with Gasteiger partial charge in [0, 0.05) is 38.9 Å². The summed E-state index contributed by atoms with van der Waals surface area (Å²) in [5.41, 5.74) is 6.92. The molecule has 0 aliphatic carbocycles. The van der Waals surface area contributed by atoms with Crippen molar-refractivity contribution in [1.29, 1.82) is 0 Å². The Balaban J connectivity index is 1.53. The fourth-order valence-electron chi connectivity index (χ4n) is 2.64. The van der Waals surface area contributed by atoms with E-state index >= 15 is 0 Å². The first-order valence-electron chi connectivity index (χ1n) is 8.10. The second-order valence-electron chi connectivity index (χ2n) is 6.00. The van der Waals surface area contributed by atoms with Crippen molar-refractivity contribution in [3.63, 3.8) is 0 Å². The SMILES string of the molecule is CN1CCN(c2ccc(CNC(=O)c3coc(CN)c3)cn2)CC1. The van der Waals surface area contributed by atoms with E-state index in [1.54, 1.807) is 6.07 Å². The van der Waals surface area contributed by atoms with Crippen molar-refractivity contribution >= 4 is 11.7 Å². The summed E-state index contributed by atoms with van der Waals surface area (Å²) in [6, 6.07) is 5.67. The van der Waals surface area contributed by atoms with Crippen molar-refractivity contribution < 1.29 is 9.21 Å². The van der Waals surface area contributed by atoms with Crippen LogP contribution in [0.3, 0.4) is 0 Å². The lowest BCUT2D eigenvalue weighted by atomic mass is 10.2. The number of furan rings is 1. The summed E-state index contributed by atoms with van der Waals surface area (Å²) in [5.74, 6) is 1.40. The largest absolute Gasteiger partial charge is 0.467 e. The van der Waals surface area contributed by atoms with Crippen LogP contribution in [0.15, 0.2) is 35.1 Å². The minimum Gasteiger partial charge on any atom is -0.467 e. The van der Waals surface area contributed by atoms with Gasteiger partial charge in [0.05, 0.1) is 12.1 Å². The molecule has 3 rings (SSSR count). The predicted octanol–water partition coefficient (Wildman–Crippen LogP) is 0.815. The van der Waals surface area contributed by atoms with Crippen molar-refractivity contribution in [1.82, 2.24) is 15.2 Å². The Kier molecular flexibility index (Phi) is 5.12. The number of nitrogens with zero attached hydrogens (tertiary/aromatic N) is 3. The average Bonchev–Trinajstić information content (AvgIpc) is 3.10. The van der Waals surface area contributed by atoms with E-state index in [4.69, 9.17) is 10.2 Å². The van der Waals surface area contributed by atoms with E-state index in [1.807, 2.05) is 18.3 Å². The molecule has 0 unspecified atom stereocenters. The molecule has 1 aliphatic heterocycles. The van der Waals surface area contributed by atoms with E-state index in [0.717, 1.165) is 37.6 Å². The van der Waals surface area contributed by atoms with Crippen LogP contribution in [0.5, 0.6) is 0 Å². The standard InChI is InChI=1S/C17H23N5O2/c1-21-4-6-22(7-5-21)16-3-2-13(10-19-16)11-20-17(23)14-8-15(9-18)24-12-14/h2-3,8,10,12H,4-7,9,11,18H2,1H3,(H,20,23). The number of amides is 1. The summed E-state index contributed by atoms with van der Waals surface area (Å²) in [6.45, 7) is 4.79. The van der Waals surface area contributed by atoms with E-state index in [0.29, 0.717) is 17.9 Å². The summed E-state index contributed by atoms with van der Waals surface area (Å²) in [6.07, 6.45) is 3.24. The summed E-state index contributed by atoms with van der Waals surface area (Å²) < 4.78 is 5.17. The lowest BCUT2D eigenvalue weighted by Crippen LogP contribution is -2.44. The Morgan fingerprint density at radius 2 is 2.12 bits per heavy atom. The zero-order valence-electron chi connectivity index (χ0n) is 13.9. The smallest absolute Gasteiger partial charge is 0.254 e. The summed E-state index contributed by atoms with van der Waals surface area (Å²) in [5, 5.41) is 2.86. The zero-order valence-corrected chi connectivity index (χ0v) is 13.9. The fraction of sp³-hybridized carbons (Fsp3) is 0.412. The maximum absolute atomic E-state index is 12.0. The minimum atomic E-state index is -0.179. The van der Waals surface area contributed by atoms with E-state index in [1.165, 1.54) is 6.26 Å². The van der Waals surface area contributed by atoms with Gasteiger partial charge in [0.2, 0.25) is 0 Å². The molecule has 24 heavy (non-hydrogen) atoms. The molecule has 128 valence electrons. The molecule has 1 saturated heterocycles. The molecule has 2 aromatic rings. The number of hydrogen-bond donors (Lipinski definition) is 2. The fourth-order valence-corrected chi connectivity index (χ4v) is 2.64. The van der Waals surface area contributed by atoms with Crippen LogP contribution in [0.25, 0.3) is 0 Å². The minimum absolute atomic E-state index is 0.179. The number of carbonyl (C=O) groups excluding carboxylic acids is 1. The highest BCUT2D eigenvalue weighted by atomic mass is 16.3. The molecular formula is C17H23N5O2. The quantitative estimate of drug-likeness (QED) is 0.844. The van der Waals surface area contributed by atoms with Crippen LogP contribution >= 0.6 is 0 Å². The molecule has 1 amide bonds. The Bertz CT molecular complexity index is 675. The summed E-state index contributed by atoms with van der Waals surface area (Å²) in [7, 11) is 2.13. The maximum atomic E-state index is 12.0. The molecule has 0 spiro atoms. The van der Waals surface area contributed by atoms with Gasteiger partial charge in [-0.1, -0.05) is 6.07 Å². The van der Waals surface area contributed by atoms with E-state index in [9.17, 15) is 4.79 Å². The highest BCUT2D eigenvalue weighted by Crippen LogP contribution is 2.14. The number of pyridine rings is 1. The lowest BCUT2D eigenvalue weighted by Gasteiger charge is -2.33. The van der Waals surface area contributed by atoms with Crippen LogP contribution in [-0.4, -0.2) is 49.0 Å². The van der Waals surface area contributed by atoms with Crippen molar-refractivity contribution in [2.24, 2.45) is 5.73 Å². The van der Waals surface area contributed by atoms with Gasteiger partial charge in [-0.25, -0.2) is 4.98 Å². The monoisotopic (exact) mass is 329 g/mol. The van der Waals surface area contributed by atoms with Gasteiger partial charge in [-0.3, -0.25) is 4.79 Å². The van der Waals surface area contributed by atoms with Crippen LogP contribution in [0.4, 0.5) is 5.82 Å². The summed E-state index contributed by atoms with van der Waals surface area (Å²) in [4.78, 5) is 21.2. The first kappa shape index (κ1) is 16.5. The van der Waals surface area contributed by atoms with Crippen LogP contribution in [0.2, 0.25) is 0 Å². The Hall–Kier alpha value is -2.38. The summed E-state index contributed by atoms with van der Waals surface area (Å²) >= 11 is 0. The topological polar surface area (TPSA) is 87.6 Å². The van der Waals surface area contributed by atoms with Crippen LogP contribution in [0.1, 0.15) is 21.7 Å². The molecule has 0 radical (unpaired) electrons. The maximum Gasteiger partial charge on any atom is 0.254 e. The first-order chi connectivity index (χ1) is 11.7. The number of anilines is 1. The van der Waals surface area contributed by atoms with Gasteiger partial charge in [0.25, 0.3) is 5.91 Å². The number of aromatic nitrogens is 1. The van der Waals surface area contributed by atoms with Gasteiger partial charge in [0.1, 0.15) is 17.8 Å². The third-order valence-electron chi connectivity index (χ3n) is 4.21. The molecule has 0 aromatic carbocycles. The van der Waals surface area contributed by atoms with Gasteiger partial charge in [-0.2, -0.15) is 0 Å². The van der Waals surface area contributed by atoms with Crippen molar-refractivity contribution in [2.45, 2.75) is 13.1 Å². The Labute approximate surface area is 141 Å². The highest BCUT2D eigenvalue weighted by molar-refractivity contribution is 5.93. The molecule has 2 aromatic heterocycles. The van der Waals surface area contributed by atoms with Crippen molar-refractivity contribution in [3.8, 4) is 0 Å². The van der Waals surface area contributed by atoms with Crippen molar-refractivity contribution in [2.75, 3.05) is 38.1 Å². The third-order valence-corrected chi connectivity index (χ3v) is 4.21. The van der Waals surface area contributed by atoms with Gasteiger partial charge in [-0.15, -0.1) is 0 Å². The molecule has 0 saturated carbocycles. The molecule has 3 heterocycles. The molecular weight excluding hydrogens is 306 g/mol. The second-order valence-corrected chi connectivity index (χ2v) is 6.00. The molecule has 7 nitrogen and oxygen atoms in total. The van der Waals surface area contributed by atoms with Crippen LogP contribution < -0.4 is 16.0 Å². The number of piperazine rings is 1.